The molecule has 0 aromatic carbocycles. The van der Waals surface area contributed by atoms with Crippen molar-refractivity contribution >= 4 is 18.4 Å². The SMILES string of the molecule is CCOC(=O)C1(N)CCCCC1.Cl. The van der Waals surface area contributed by atoms with Gasteiger partial charge in [0.2, 0.25) is 0 Å². The predicted molar refractivity (Wildman–Crippen MR) is 53.9 cm³/mol. The van der Waals surface area contributed by atoms with Gasteiger partial charge in [-0.3, -0.25) is 4.79 Å². The molecule has 0 aromatic rings. The lowest BCUT2D eigenvalue weighted by Gasteiger charge is -2.30. The van der Waals surface area contributed by atoms with Gasteiger partial charge in [-0.1, -0.05) is 19.3 Å². The highest BCUT2D eigenvalue weighted by Gasteiger charge is 2.36. The molecule has 3 nitrogen and oxygen atoms in total. The molecule has 1 aliphatic rings. The van der Waals surface area contributed by atoms with Gasteiger partial charge in [0.15, 0.2) is 0 Å². The molecule has 0 heterocycles. The van der Waals surface area contributed by atoms with Crippen molar-refractivity contribution in [2.45, 2.75) is 44.6 Å². The molecule has 4 heteroatoms. The highest BCUT2D eigenvalue weighted by Crippen LogP contribution is 2.26. The number of rotatable bonds is 2. The van der Waals surface area contributed by atoms with Crippen molar-refractivity contribution in [3.63, 3.8) is 0 Å². The quantitative estimate of drug-likeness (QED) is 0.701. The summed E-state index contributed by atoms with van der Waals surface area (Å²) in [5, 5.41) is 0. The van der Waals surface area contributed by atoms with Crippen molar-refractivity contribution in [2.75, 3.05) is 6.61 Å². The minimum absolute atomic E-state index is 0. The summed E-state index contributed by atoms with van der Waals surface area (Å²) in [6.07, 6.45) is 4.86. The maximum absolute atomic E-state index is 11.4. The second-order valence-corrected chi connectivity index (χ2v) is 3.44. The van der Waals surface area contributed by atoms with Gasteiger partial charge in [-0.25, -0.2) is 0 Å². The third kappa shape index (κ3) is 3.16. The van der Waals surface area contributed by atoms with Crippen LogP contribution in [0.25, 0.3) is 0 Å². The first-order chi connectivity index (χ1) is 5.69. The highest BCUT2D eigenvalue weighted by atomic mass is 35.5. The van der Waals surface area contributed by atoms with E-state index in [1.54, 1.807) is 0 Å². The highest BCUT2D eigenvalue weighted by molar-refractivity contribution is 5.85. The van der Waals surface area contributed by atoms with Gasteiger partial charge >= 0.3 is 5.97 Å². The average Bonchev–Trinajstić information content (AvgIpc) is 2.06. The van der Waals surface area contributed by atoms with Crippen molar-refractivity contribution in [1.29, 1.82) is 0 Å². The van der Waals surface area contributed by atoms with E-state index in [2.05, 4.69) is 0 Å². The van der Waals surface area contributed by atoms with Gasteiger partial charge in [-0.2, -0.15) is 0 Å². The fourth-order valence-electron chi connectivity index (χ4n) is 1.66. The van der Waals surface area contributed by atoms with Crippen LogP contribution in [-0.2, 0) is 9.53 Å². The lowest BCUT2D eigenvalue weighted by molar-refractivity contribution is -0.150. The van der Waals surface area contributed by atoms with E-state index in [4.69, 9.17) is 10.5 Å². The topological polar surface area (TPSA) is 52.3 Å². The van der Waals surface area contributed by atoms with Gasteiger partial charge in [0, 0.05) is 0 Å². The van der Waals surface area contributed by atoms with Gasteiger partial charge in [0.05, 0.1) is 6.61 Å². The van der Waals surface area contributed by atoms with Gasteiger partial charge in [-0.15, -0.1) is 12.4 Å². The number of carbonyl (C=O) groups is 1. The zero-order valence-corrected chi connectivity index (χ0v) is 8.86. The number of hydrogen-bond donors (Lipinski definition) is 1. The number of halogens is 1. The van der Waals surface area contributed by atoms with E-state index in [9.17, 15) is 4.79 Å². The first kappa shape index (κ1) is 12.7. The lowest BCUT2D eigenvalue weighted by Crippen LogP contribution is -2.50. The molecular formula is C9H18ClNO2. The fraction of sp³-hybridized carbons (Fsp3) is 0.889. The summed E-state index contributed by atoms with van der Waals surface area (Å²) in [6, 6.07) is 0. The van der Waals surface area contributed by atoms with E-state index >= 15 is 0 Å². The van der Waals surface area contributed by atoms with E-state index in [1.165, 1.54) is 6.42 Å². The van der Waals surface area contributed by atoms with E-state index < -0.39 is 5.54 Å². The number of ether oxygens (including phenoxy) is 1. The maximum atomic E-state index is 11.4. The largest absolute Gasteiger partial charge is 0.465 e. The molecule has 0 atom stereocenters. The van der Waals surface area contributed by atoms with Crippen molar-refractivity contribution < 1.29 is 9.53 Å². The Bertz CT molecular complexity index is 167. The van der Waals surface area contributed by atoms with Gasteiger partial charge in [0.25, 0.3) is 0 Å². The molecule has 1 aliphatic carbocycles. The molecule has 1 saturated carbocycles. The van der Waals surface area contributed by atoms with E-state index in [-0.39, 0.29) is 18.4 Å². The van der Waals surface area contributed by atoms with Crippen molar-refractivity contribution in [2.24, 2.45) is 5.73 Å². The molecule has 13 heavy (non-hydrogen) atoms. The number of esters is 1. The summed E-state index contributed by atoms with van der Waals surface area (Å²) < 4.78 is 4.92. The molecule has 0 spiro atoms. The molecule has 0 radical (unpaired) electrons. The Labute approximate surface area is 85.4 Å². The molecule has 0 aliphatic heterocycles. The molecule has 0 saturated heterocycles. The summed E-state index contributed by atoms with van der Waals surface area (Å²) in [5.41, 5.74) is 5.24. The van der Waals surface area contributed by atoms with Crippen molar-refractivity contribution in [3.05, 3.63) is 0 Å². The normalized spacial score (nSPS) is 20.2. The Kier molecular flexibility index (Phi) is 5.33. The van der Waals surface area contributed by atoms with Crippen LogP contribution < -0.4 is 5.73 Å². The molecular weight excluding hydrogens is 190 g/mol. The second kappa shape index (κ2) is 5.45. The summed E-state index contributed by atoms with van der Waals surface area (Å²) in [7, 11) is 0. The van der Waals surface area contributed by atoms with Gasteiger partial charge in [-0.05, 0) is 19.8 Å². The first-order valence-electron chi connectivity index (χ1n) is 4.65. The monoisotopic (exact) mass is 207 g/mol. The van der Waals surface area contributed by atoms with E-state index in [0.717, 1.165) is 25.7 Å². The third-order valence-electron chi connectivity index (χ3n) is 2.43. The summed E-state index contributed by atoms with van der Waals surface area (Å²) in [4.78, 5) is 11.4. The Morgan fingerprint density at radius 1 is 1.38 bits per heavy atom. The molecule has 0 amide bonds. The van der Waals surface area contributed by atoms with Crippen LogP contribution in [0.2, 0.25) is 0 Å². The molecule has 1 fully saturated rings. The molecule has 2 N–H and O–H groups in total. The van der Waals surface area contributed by atoms with Gasteiger partial charge < -0.3 is 10.5 Å². The van der Waals surface area contributed by atoms with E-state index in [0.29, 0.717) is 6.61 Å². The zero-order chi connectivity index (χ0) is 9.03. The minimum atomic E-state index is -0.672. The minimum Gasteiger partial charge on any atom is -0.465 e. The number of nitrogens with two attached hydrogens (primary N) is 1. The molecule has 0 bridgehead atoms. The molecule has 1 rings (SSSR count). The van der Waals surface area contributed by atoms with E-state index in [1.807, 2.05) is 6.92 Å². The molecule has 78 valence electrons. The van der Waals surface area contributed by atoms with Crippen LogP contribution in [0, 0.1) is 0 Å². The second-order valence-electron chi connectivity index (χ2n) is 3.44. The Balaban J connectivity index is 0.00000144. The van der Waals surface area contributed by atoms with Gasteiger partial charge in [0.1, 0.15) is 5.54 Å². The predicted octanol–water partition coefficient (Wildman–Crippen LogP) is 1.63. The zero-order valence-electron chi connectivity index (χ0n) is 8.04. The van der Waals surface area contributed by atoms with Crippen LogP contribution in [0.15, 0.2) is 0 Å². The van der Waals surface area contributed by atoms with Crippen LogP contribution in [0.1, 0.15) is 39.0 Å². The van der Waals surface area contributed by atoms with Crippen molar-refractivity contribution in [1.82, 2.24) is 0 Å². The van der Waals surface area contributed by atoms with Crippen LogP contribution in [0.3, 0.4) is 0 Å². The smallest absolute Gasteiger partial charge is 0.326 e. The molecule has 0 unspecified atom stereocenters. The Morgan fingerprint density at radius 3 is 2.38 bits per heavy atom. The summed E-state index contributed by atoms with van der Waals surface area (Å²) in [5.74, 6) is -0.218. The number of carbonyl (C=O) groups excluding carboxylic acids is 1. The summed E-state index contributed by atoms with van der Waals surface area (Å²) in [6.45, 7) is 2.24. The standard InChI is InChI=1S/C9H17NO2.ClH/c1-2-12-8(11)9(10)6-4-3-5-7-9;/h2-7,10H2,1H3;1H. The third-order valence-corrected chi connectivity index (χ3v) is 2.43. The lowest BCUT2D eigenvalue weighted by atomic mass is 9.83. The van der Waals surface area contributed by atoms with Crippen molar-refractivity contribution in [3.8, 4) is 0 Å². The van der Waals surface area contributed by atoms with Crippen LogP contribution in [0.5, 0.6) is 0 Å². The first-order valence-corrected chi connectivity index (χ1v) is 4.65. The van der Waals surface area contributed by atoms with Crippen LogP contribution in [-0.4, -0.2) is 18.1 Å². The molecule has 0 aromatic heterocycles. The Morgan fingerprint density at radius 2 is 1.92 bits per heavy atom. The fourth-order valence-corrected chi connectivity index (χ4v) is 1.66. The summed E-state index contributed by atoms with van der Waals surface area (Å²) >= 11 is 0. The van der Waals surface area contributed by atoms with Crippen LogP contribution >= 0.6 is 12.4 Å². The van der Waals surface area contributed by atoms with Crippen LogP contribution in [0.4, 0.5) is 0 Å². The Hall–Kier alpha value is -0.280. The number of hydrogen-bond acceptors (Lipinski definition) is 3. The maximum Gasteiger partial charge on any atom is 0.326 e. The average molecular weight is 208 g/mol.